The highest BCUT2D eigenvalue weighted by atomic mass is 19.3. The van der Waals surface area contributed by atoms with Crippen LogP contribution in [0.5, 0.6) is 0 Å². The number of likely N-dealkylation sites (N-methyl/N-ethyl adjacent to an activating group) is 1. The molecule has 1 aromatic rings. The van der Waals surface area contributed by atoms with Crippen LogP contribution in [0.2, 0.25) is 0 Å². The number of carbonyl (C=O) groups is 1. The minimum absolute atomic E-state index is 0.0175. The molecule has 0 aromatic carbocycles. The topological polar surface area (TPSA) is 38.1 Å². The summed E-state index contributed by atoms with van der Waals surface area (Å²) in [5.74, 6) is -2.66. The van der Waals surface area contributed by atoms with E-state index in [-0.39, 0.29) is 24.1 Å². The Morgan fingerprint density at radius 2 is 2.06 bits per heavy atom. The zero-order valence-electron chi connectivity index (χ0n) is 11.4. The van der Waals surface area contributed by atoms with Gasteiger partial charge in [-0.05, 0) is 0 Å². The summed E-state index contributed by atoms with van der Waals surface area (Å²) in [4.78, 5) is 17.0. The minimum atomic E-state index is -2.99. The molecule has 0 saturated heterocycles. The SMILES string of the molecule is CC(C)c1nc(C(C)(F)F)cn1CC(=O)N(C)C. The van der Waals surface area contributed by atoms with Gasteiger partial charge < -0.3 is 9.47 Å². The third-order valence-corrected chi connectivity index (χ3v) is 2.58. The van der Waals surface area contributed by atoms with E-state index in [0.29, 0.717) is 5.82 Å². The highest BCUT2D eigenvalue weighted by molar-refractivity contribution is 5.75. The average Bonchev–Trinajstić information content (AvgIpc) is 2.60. The summed E-state index contributed by atoms with van der Waals surface area (Å²) in [5, 5.41) is 0. The Labute approximate surface area is 106 Å². The van der Waals surface area contributed by atoms with Crippen LogP contribution < -0.4 is 0 Å². The van der Waals surface area contributed by atoms with E-state index in [1.807, 2.05) is 13.8 Å². The molecule has 18 heavy (non-hydrogen) atoms. The largest absolute Gasteiger partial charge is 0.347 e. The normalized spacial score (nSPS) is 12.0. The monoisotopic (exact) mass is 259 g/mol. The van der Waals surface area contributed by atoms with Crippen molar-refractivity contribution in [2.24, 2.45) is 0 Å². The predicted octanol–water partition coefficient (Wildman–Crippen LogP) is 2.21. The van der Waals surface area contributed by atoms with Crippen LogP contribution in [0.4, 0.5) is 8.78 Å². The van der Waals surface area contributed by atoms with Crippen LogP contribution >= 0.6 is 0 Å². The van der Waals surface area contributed by atoms with Crippen molar-refractivity contribution in [2.45, 2.75) is 39.2 Å². The first-order valence-electron chi connectivity index (χ1n) is 5.78. The van der Waals surface area contributed by atoms with Gasteiger partial charge in [0.1, 0.15) is 18.1 Å². The summed E-state index contributed by atoms with van der Waals surface area (Å²) in [6, 6.07) is 0. The Hall–Kier alpha value is -1.46. The van der Waals surface area contributed by atoms with E-state index in [0.717, 1.165) is 6.92 Å². The number of carbonyl (C=O) groups excluding carboxylic acids is 1. The Bertz CT molecular complexity index is 433. The fourth-order valence-electron chi connectivity index (χ4n) is 1.52. The van der Waals surface area contributed by atoms with Gasteiger partial charge in [0.15, 0.2) is 0 Å². The zero-order chi connectivity index (χ0) is 14.1. The van der Waals surface area contributed by atoms with Crippen LogP contribution in [0.25, 0.3) is 0 Å². The third kappa shape index (κ3) is 3.27. The molecule has 0 N–H and O–H groups in total. The second-order valence-corrected chi connectivity index (χ2v) is 4.94. The summed E-state index contributed by atoms with van der Waals surface area (Å²) in [7, 11) is 3.26. The number of hydrogen-bond donors (Lipinski definition) is 0. The van der Waals surface area contributed by atoms with Crippen molar-refractivity contribution in [2.75, 3.05) is 14.1 Å². The number of halogens is 2. The number of imidazole rings is 1. The van der Waals surface area contributed by atoms with E-state index < -0.39 is 5.92 Å². The molecule has 0 fully saturated rings. The highest BCUT2D eigenvalue weighted by Gasteiger charge is 2.29. The second kappa shape index (κ2) is 5.04. The Balaban J connectivity index is 3.10. The number of amides is 1. The molecule has 0 saturated carbocycles. The van der Waals surface area contributed by atoms with E-state index in [1.54, 1.807) is 14.1 Å². The van der Waals surface area contributed by atoms with Crippen molar-refractivity contribution in [1.29, 1.82) is 0 Å². The minimum Gasteiger partial charge on any atom is -0.347 e. The molecule has 0 aliphatic carbocycles. The van der Waals surface area contributed by atoms with Crippen molar-refractivity contribution in [3.63, 3.8) is 0 Å². The molecule has 1 heterocycles. The van der Waals surface area contributed by atoms with Gasteiger partial charge in [0.05, 0.1) is 0 Å². The van der Waals surface area contributed by atoms with Crippen molar-refractivity contribution in [1.82, 2.24) is 14.5 Å². The lowest BCUT2D eigenvalue weighted by molar-refractivity contribution is -0.129. The molecular weight excluding hydrogens is 240 g/mol. The smallest absolute Gasteiger partial charge is 0.288 e. The van der Waals surface area contributed by atoms with Gasteiger partial charge in [0.25, 0.3) is 5.92 Å². The predicted molar refractivity (Wildman–Crippen MR) is 64.6 cm³/mol. The van der Waals surface area contributed by atoms with E-state index in [1.165, 1.54) is 15.7 Å². The summed E-state index contributed by atoms with van der Waals surface area (Å²) in [6.45, 7) is 4.55. The van der Waals surface area contributed by atoms with Crippen LogP contribution in [-0.2, 0) is 17.3 Å². The average molecular weight is 259 g/mol. The fourth-order valence-corrected chi connectivity index (χ4v) is 1.52. The second-order valence-electron chi connectivity index (χ2n) is 4.94. The molecule has 0 spiro atoms. The third-order valence-electron chi connectivity index (χ3n) is 2.58. The van der Waals surface area contributed by atoms with Gasteiger partial charge in [-0.3, -0.25) is 4.79 Å². The van der Waals surface area contributed by atoms with Gasteiger partial charge in [-0.15, -0.1) is 0 Å². The first kappa shape index (κ1) is 14.6. The lowest BCUT2D eigenvalue weighted by atomic mass is 10.2. The maximum atomic E-state index is 13.2. The van der Waals surface area contributed by atoms with Crippen LogP contribution in [0, 0.1) is 0 Å². The van der Waals surface area contributed by atoms with Crippen molar-refractivity contribution in [3.8, 4) is 0 Å². The lowest BCUT2D eigenvalue weighted by Gasteiger charge is -2.13. The zero-order valence-corrected chi connectivity index (χ0v) is 11.4. The Morgan fingerprint density at radius 3 is 2.44 bits per heavy atom. The molecule has 0 radical (unpaired) electrons. The number of alkyl halides is 2. The van der Waals surface area contributed by atoms with Crippen molar-refractivity contribution in [3.05, 3.63) is 17.7 Å². The van der Waals surface area contributed by atoms with E-state index in [4.69, 9.17) is 0 Å². The van der Waals surface area contributed by atoms with Gasteiger partial charge in [-0.2, -0.15) is 8.78 Å². The van der Waals surface area contributed by atoms with E-state index in [9.17, 15) is 13.6 Å². The molecule has 102 valence electrons. The van der Waals surface area contributed by atoms with Gasteiger partial charge in [0.2, 0.25) is 5.91 Å². The summed E-state index contributed by atoms with van der Waals surface area (Å²) in [5.41, 5.74) is -0.294. The number of rotatable bonds is 4. The molecule has 1 rings (SSSR count). The standard InChI is InChI=1S/C12H19F2N3O/c1-8(2)11-15-9(12(3,13)14)6-17(11)7-10(18)16(4)5/h6,8H,7H2,1-5H3. The Kier molecular flexibility index (Phi) is 4.09. The van der Waals surface area contributed by atoms with Crippen LogP contribution in [0.1, 0.15) is 38.2 Å². The molecule has 0 atom stereocenters. The maximum absolute atomic E-state index is 13.2. The van der Waals surface area contributed by atoms with E-state index in [2.05, 4.69) is 4.98 Å². The summed E-state index contributed by atoms with van der Waals surface area (Å²) < 4.78 is 28.0. The quantitative estimate of drug-likeness (QED) is 0.831. The molecule has 1 aromatic heterocycles. The molecule has 0 bridgehead atoms. The van der Waals surface area contributed by atoms with Gasteiger partial charge in [-0.25, -0.2) is 4.98 Å². The van der Waals surface area contributed by atoms with Crippen LogP contribution in [-0.4, -0.2) is 34.5 Å². The van der Waals surface area contributed by atoms with Gasteiger partial charge in [0, 0.05) is 33.1 Å². The Morgan fingerprint density at radius 1 is 1.50 bits per heavy atom. The van der Waals surface area contributed by atoms with Crippen molar-refractivity contribution < 1.29 is 13.6 Å². The molecule has 1 amide bonds. The first-order valence-corrected chi connectivity index (χ1v) is 5.78. The molecular formula is C12H19F2N3O. The summed E-state index contributed by atoms with van der Waals surface area (Å²) >= 11 is 0. The molecule has 0 aliphatic rings. The number of nitrogens with zero attached hydrogens (tertiary/aromatic N) is 3. The molecule has 6 heteroatoms. The van der Waals surface area contributed by atoms with Crippen molar-refractivity contribution >= 4 is 5.91 Å². The van der Waals surface area contributed by atoms with Gasteiger partial charge in [-0.1, -0.05) is 13.8 Å². The molecule has 4 nitrogen and oxygen atoms in total. The number of aromatic nitrogens is 2. The van der Waals surface area contributed by atoms with E-state index >= 15 is 0 Å². The fraction of sp³-hybridized carbons (Fsp3) is 0.667. The molecule has 0 unspecified atom stereocenters. The van der Waals surface area contributed by atoms with Gasteiger partial charge >= 0.3 is 0 Å². The number of hydrogen-bond acceptors (Lipinski definition) is 2. The highest BCUT2D eigenvalue weighted by Crippen LogP contribution is 2.27. The van der Waals surface area contributed by atoms with Crippen LogP contribution in [0.15, 0.2) is 6.20 Å². The maximum Gasteiger partial charge on any atom is 0.288 e. The molecule has 0 aliphatic heterocycles. The lowest BCUT2D eigenvalue weighted by Crippen LogP contribution is -2.26. The van der Waals surface area contributed by atoms with Crippen LogP contribution in [0.3, 0.4) is 0 Å². The summed E-state index contributed by atoms with van der Waals surface area (Å²) in [6.07, 6.45) is 1.26. The first-order chi connectivity index (χ1) is 8.12.